The van der Waals surface area contributed by atoms with Gasteiger partial charge in [-0.3, -0.25) is 0 Å². The summed E-state index contributed by atoms with van der Waals surface area (Å²) in [5.74, 6) is 0. The second-order valence-corrected chi connectivity index (χ2v) is 4.44. The molecule has 0 N–H and O–H groups in total. The van der Waals surface area contributed by atoms with Crippen LogP contribution in [-0.4, -0.2) is 13.7 Å². The van der Waals surface area contributed by atoms with Gasteiger partial charge in [0.05, 0.1) is 12.6 Å². The molecule has 0 bridgehead atoms. The molecule has 16 heavy (non-hydrogen) atoms. The third-order valence-electron chi connectivity index (χ3n) is 2.36. The molecule has 5 heteroatoms. The minimum atomic E-state index is -0.145. The van der Waals surface area contributed by atoms with Crippen LogP contribution in [-0.2, 0) is 4.74 Å². The highest BCUT2D eigenvalue weighted by Crippen LogP contribution is 2.31. The van der Waals surface area contributed by atoms with E-state index >= 15 is 0 Å². The number of methoxy groups -OCH3 is 1. The summed E-state index contributed by atoms with van der Waals surface area (Å²) in [4.78, 5) is 3.85. The van der Waals surface area contributed by atoms with Gasteiger partial charge in [0.25, 0.3) is 0 Å². The van der Waals surface area contributed by atoms with Crippen LogP contribution in [0.4, 0.5) is 0 Å². The van der Waals surface area contributed by atoms with Crippen molar-refractivity contribution < 1.29 is 4.74 Å². The molecule has 0 aliphatic rings. The standard InChI is InChI=1S/C11H11N3OS/c1-15-9(7-13-14-12)11-6-8-4-2-3-5-10(8)16-11/h2-6,9H,7H2,1H3. The Hall–Kier alpha value is -1.55. The molecule has 0 radical (unpaired) electrons. The molecule has 0 amide bonds. The van der Waals surface area contributed by atoms with Crippen molar-refractivity contribution in [1.29, 1.82) is 0 Å². The Bertz CT molecular complexity index is 498. The third kappa shape index (κ3) is 2.17. The Morgan fingerprint density at radius 1 is 1.50 bits per heavy atom. The van der Waals surface area contributed by atoms with E-state index in [1.54, 1.807) is 18.4 Å². The van der Waals surface area contributed by atoms with Crippen molar-refractivity contribution in [3.63, 3.8) is 0 Å². The second-order valence-electron chi connectivity index (χ2n) is 3.32. The average Bonchev–Trinajstić information content (AvgIpc) is 2.73. The lowest BCUT2D eigenvalue weighted by Gasteiger charge is -2.09. The van der Waals surface area contributed by atoms with E-state index in [9.17, 15) is 0 Å². The first-order valence-corrected chi connectivity index (χ1v) is 5.69. The van der Waals surface area contributed by atoms with Crippen LogP contribution in [0.25, 0.3) is 20.5 Å². The fourth-order valence-corrected chi connectivity index (χ4v) is 2.69. The molecule has 4 nitrogen and oxygen atoms in total. The Morgan fingerprint density at radius 3 is 3.00 bits per heavy atom. The molecule has 1 aromatic heterocycles. The van der Waals surface area contributed by atoms with Crippen LogP contribution in [0, 0.1) is 0 Å². The minimum Gasteiger partial charge on any atom is -0.376 e. The first-order valence-electron chi connectivity index (χ1n) is 4.87. The van der Waals surface area contributed by atoms with Gasteiger partial charge in [0.2, 0.25) is 0 Å². The lowest BCUT2D eigenvalue weighted by molar-refractivity contribution is 0.113. The maximum atomic E-state index is 8.30. The zero-order chi connectivity index (χ0) is 11.4. The molecule has 1 aromatic carbocycles. The van der Waals surface area contributed by atoms with Crippen molar-refractivity contribution in [2.45, 2.75) is 6.10 Å². The van der Waals surface area contributed by atoms with Gasteiger partial charge in [-0.25, -0.2) is 0 Å². The quantitative estimate of drug-likeness (QED) is 0.449. The smallest absolute Gasteiger partial charge is 0.0969 e. The van der Waals surface area contributed by atoms with Gasteiger partial charge in [-0.05, 0) is 23.1 Å². The average molecular weight is 233 g/mol. The van der Waals surface area contributed by atoms with Gasteiger partial charge >= 0.3 is 0 Å². The molecule has 2 rings (SSSR count). The fraction of sp³-hybridized carbons (Fsp3) is 0.273. The molecule has 0 saturated carbocycles. The van der Waals surface area contributed by atoms with Crippen molar-refractivity contribution in [3.8, 4) is 0 Å². The predicted octanol–water partition coefficient (Wildman–Crippen LogP) is 3.90. The monoisotopic (exact) mass is 233 g/mol. The summed E-state index contributed by atoms with van der Waals surface area (Å²) >= 11 is 1.67. The van der Waals surface area contributed by atoms with E-state index in [0.29, 0.717) is 6.54 Å². The van der Waals surface area contributed by atoms with Crippen LogP contribution in [0.1, 0.15) is 11.0 Å². The molecule has 1 unspecified atom stereocenters. The molecular weight excluding hydrogens is 222 g/mol. The molecule has 0 saturated heterocycles. The zero-order valence-electron chi connectivity index (χ0n) is 8.83. The van der Waals surface area contributed by atoms with E-state index < -0.39 is 0 Å². The van der Waals surface area contributed by atoms with E-state index in [0.717, 1.165) is 4.88 Å². The summed E-state index contributed by atoms with van der Waals surface area (Å²) in [7, 11) is 1.63. The summed E-state index contributed by atoms with van der Waals surface area (Å²) in [6.45, 7) is 0.333. The summed E-state index contributed by atoms with van der Waals surface area (Å²) < 4.78 is 6.54. The summed E-state index contributed by atoms with van der Waals surface area (Å²) in [6, 6.07) is 10.2. The number of rotatable bonds is 4. The second kappa shape index (κ2) is 4.99. The third-order valence-corrected chi connectivity index (χ3v) is 3.57. The lowest BCUT2D eigenvalue weighted by atomic mass is 10.2. The summed E-state index contributed by atoms with van der Waals surface area (Å²) in [6.07, 6.45) is -0.145. The van der Waals surface area contributed by atoms with Gasteiger partial charge in [-0.1, -0.05) is 23.3 Å². The SMILES string of the molecule is COC(CN=[N+]=[N-])c1cc2ccccc2s1. The molecule has 0 fully saturated rings. The van der Waals surface area contributed by atoms with Crippen LogP contribution in [0.15, 0.2) is 35.4 Å². The van der Waals surface area contributed by atoms with E-state index in [1.165, 1.54) is 10.1 Å². The molecule has 1 heterocycles. The zero-order valence-corrected chi connectivity index (χ0v) is 9.65. The van der Waals surface area contributed by atoms with Crippen LogP contribution in [0.2, 0.25) is 0 Å². The van der Waals surface area contributed by atoms with Crippen LogP contribution in [0.5, 0.6) is 0 Å². The van der Waals surface area contributed by atoms with Gasteiger partial charge in [-0.2, -0.15) is 0 Å². The number of fused-ring (bicyclic) bond motifs is 1. The molecule has 0 aliphatic heterocycles. The maximum absolute atomic E-state index is 8.30. The van der Waals surface area contributed by atoms with Crippen LogP contribution < -0.4 is 0 Å². The predicted molar refractivity (Wildman–Crippen MR) is 65.6 cm³/mol. The Labute approximate surface area is 97.1 Å². The highest BCUT2D eigenvalue weighted by Gasteiger charge is 2.12. The number of azide groups is 1. The molecule has 0 aliphatic carbocycles. The molecular formula is C11H11N3OS. The number of hydrogen-bond acceptors (Lipinski definition) is 3. The molecule has 0 spiro atoms. The van der Waals surface area contributed by atoms with Crippen molar-refractivity contribution >= 4 is 21.4 Å². The Balaban J connectivity index is 2.33. The molecule has 82 valence electrons. The Morgan fingerprint density at radius 2 is 2.31 bits per heavy atom. The summed E-state index contributed by atoms with van der Waals surface area (Å²) in [5, 5.41) is 4.75. The molecule has 2 aromatic rings. The van der Waals surface area contributed by atoms with Crippen molar-refractivity contribution in [1.82, 2.24) is 0 Å². The summed E-state index contributed by atoms with van der Waals surface area (Å²) in [5.41, 5.74) is 8.30. The van der Waals surface area contributed by atoms with E-state index in [1.807, 2.05) is 12.1 Å². The van der Waals surface area contributed by atoms with Crippen molar-refractivity contribution in [3.05, 3.63) is 45.7 Å². The number of nitrogens with zero attached hydrogens (tertiary/aromatic N) is 3. The lowest BCUT2D eigenvalue weighted by Crippen LogP contribution is -2.02. The van der Waals surface area contributed by atoms with Crippen molar-refractivity contribution in [2.75, 3.05) is 13.7 Å². The Kier molecular flexibility index (Phi) is 3.41. The first kappa shape index (κ1) is 11.0. The topological polar surface area (TPSA) is 58.0 Å². The fourth-order valence-electron chi connectivity index (χ4n) is 1.55. The highest BCUT2D eigenvalue weighted by molar-refractivity contribution is 7.19. The number of hydrogen-bond donors (Lipinski definition) is 0. The van der Waals surface area contributed by atoms with Gasteiger partial charge < -0.3 is 4.74 Å². The number of benzene rings is 1. The molecule has 1 atom stereocenters. The maximum Gasteiger partial charge on any atom is 0.0969 e. The van der Waals surface area contributed by atoms with Gasteiger partial charge in [0.15, 0.2) is 0 Å². The van der Waals surface area contributed by atoms with E-state index in [2.05, 4.69) is 28.2 Å². The van der Waals surface area contributed by atoms with Gasteiger partial charge in [0.1, 0.15) is 0 Å². The van der Waals surface area contributed by atoms with Crippen LogP contribution in [0.3, 0.4) is 0 Å². The van der Waals surface area contributed by atoms with E-state index in [4.69, 9.17) is 10.3 Å². The highest BCUT2D eigenvalue weighted by atomic mass is 32.1. The van der Waals surface area contributed by atoms with Crippen LogP contribution >= 0.6 is 11.3 Å². The number of ether oxygens (including phenoxy) is 1. The van der Waals surface area contributed by atoms with Gasteiger partial charge in [0, 0.05) is 21.6 Å². The largest absolute Gasteiger partial charge is 0.376 e. The normalized spacial score (nSPS) is 12.3. The number of thiophene rings is 1. The van der Waals surface area contributed by atoms with Crippen molar-refractivity contribution in [2.24, 2.45) is 5.11 Å². The van der Waals surface area contributed by atoms with Gasteiger partial charge in [-0.15, -0.1) is 11.3 Å². The van der Waals surface area contributed by atoms with E-state index in [-0.39, 0.29) is 6.10 Å². The first-order chi connectivity index (χ1) is 7.85. The minimum absolute atomic E-state index is 0.145.